The third-order valence-electron chi connectivity index (χ3n) is 1.65. The first-order valence-corrected chi connectivity index (χ1v) is 3.76. The molecular formula is C7H12N2S. The maximum absolute atomic E-state index is 4.12. The van der Waals surface area contributed by atoms with E-state index in [9.17, 15) is 0 Å². The topological polar surface area (TPSA) is 17.8 Å². The number of hydrogen-bond donors (Lipinski definition) is 1. The molecule has 0 aliphatic heterocycles. The highest BCUT2D eigenvalue weighted by Crippen LogP contribution is 2.17. The van der Waals surface area contributed by atoms with Crippen LogP contribution in [0.25, 0.3) is 0 Å². The second kappa shape index (κ2) is 2.66. The molecule has 10 heavy (non-hydrogen) atoms. The Morgan fingerprint density at radius 1 is 1.60 bits per heavy atom. The van der Waals surface area contributed by atoms with Gasteiger partial charge >= 0.3 is 0 Å². The van der Waals surface area contributed by atoms with Crippen molar-refractivity contribution in [1.82, 2.24) is 9.19 Å². The van der Waals surface area contributed by atoms with E-state index in [2.05, 4.69) is 31.8 Å². The standard InChI is InChI=1S/C7H12N2S/c1-5(2)7-4-8-9(10)6(7)3/h4-5,10H,1-3H3. The molecule has 56 valence electrons. The van der Waals surface area contributed by atoms with Crippen molar-refractivity contribution in [3.05, 3.63) is 17.5 Å². The van der Waals surface area contributed by atoms with Crippen LogP contribution in [0.5, 0.6) is 0 Å². The van der Waals surface area contributed by atoms with Gasteiger partial charge in [0.2, 0.25) is 0 Å². The predicted molar refractivity (Wildman–Crippen MR) is 45.4 cm³/mol. The van der Waals surface area contributed by atoms with Crippen molar-refractivity contribution >= 4 is 12.8 Å². The van der Waals surface area contributed by atoms with Crippen LogP contribution in [0.3, 0.4) is 0 Å². The summed E-state index contributed by atoms with van der Waals surface area (Å²) >= 11 is 4.12. The first kappa shape index (κ1) is 7.66. The Kier molecular flexibility index (Phi) is 2.04. The van der Waals surface area contributed by atoms with Gasteiger partial charge in [-0.05, 0) is 31.2 Å². The molecule has 0 N–H and O–H groups in total. The third-order valence-corrected chi connectivity index (χ3v) is 2.05. The van der Waals surface area contributed by atoms with Gasteiger partial charge in [-0.25, -0.2) is 4.09 Å². The quantitative estimate of drug-likeness (QED) is 0.616. The van der Waals surface area contributed by atoms with E-state index in [1.54, 1.807) is 4.09 Å². The predicted octanol–water partition coefficient (Wildman–Crippen LogP) is 2.01. The van der Waals surface area contributed by atoms with Crippen molar-refractivity contribution in [3.8, 4) is 0 Å². The van der Waals surface area contributed by atoms with E-state index in [0.717, 1.165) is 5.69 Å². The van der Waals surface area contributed by atoms with E-state index in [-0.39, 0.29) is 0 Å². The molecule has 0 aromatic carbocycles. The highest BCUT2D eigenvalue weighted by atomic mass is 32.1. The summed E-state index contributed by atoms with van der Waals surface area (Å²) in [6, 6.07) is 0. The average molecular weight is 156 g/mol. The maximum atomic E-state index is 4.12. The molecule has 0 spiro atoms. The second-order valence-corrected chi connectivity index (χ2v) is 3.11. The van der Waals surface area contributed by atoms with Crippen LogP contribution in [0, 0.1) is 6.92 Å². The summed E-state index contributed by atoms with van der Waals surface area (Å²) in [6.07, 6.45) is 1.87. The van der Waals surface area contributed by atoms with Gasteiger partial charge in [-0.2, -0.15) is 5.10 Å². The summed E-state index contributed by atoms with van der Waals surface area (Å²) in [5.41, 5.74) is 2.41. The molecule has 0 saturated heterocycles. The summed E-state index contributed by atoms with van der Waals surface area (Å²) < 4.78 is 1.61. The second-order valence-electron chi connectivity index (χ2n) is 2.73. The van der Waals surface area contributed by atoms with Gasteiger partial charge in [-0.3, -0.25) is 0 Å². The Bertz CT molecular complexity index is 228. The zero-order valence-corrected chi connectivity index (χ0v) is 7.39. The molecule has 1 rings (SSSR count). The molecule has 0 aliphatic carbocycles. The Morgan fingerprint density at radius 2 is 2.20 bits per heavy atom. The number of thiol groups is 1. The van der Waals surface area contributed by atoms with Gasteiger partial charge in [0.25, 0.3) is 0 Å². The van der Waals surface area contributed by atoms with Crippen LogP contribution < -0.4 is 0 Å². The SMILES string of the molecule is Cc1c(C(C)C)cnn1S. The van der Waals surface area contributed by atoms with Gasteiger partial charge in [0.05, 0.1) is 11.9 Å². The molecule has 1 aromatic rings. The number of hydrogen-bond acceptors (Lipinski definition) is 2. The van der Waals surface area contributed by atoms with E-state index < -0.39 is 0 Å². The molecule has 2 nitrogen and oxygen atoms in total. The molecule has 1 aromatic heterocycles. The largest absolute Gasteiger partial charge is 0.214 e. The normalized spacial score (nSPS) is 10.9. The average Bonchev–Trinajstić information content (AvgIpc) is 2.14. The summed E-state index contributed by atoms with van der Waals surface area (Å²) in [5, 5.41) is 4.02. The van der Waals surface area contributed by atoms with Crippen molar-refractivity contribution in [1.29, 1.82) is 0 Å². The van der Waals surface area contributed by atoms with E-state index >= 15 is 0 Å². The molecule has 0 amide bonds. The molecule has 0 saturated carbocycles. The van der Waals surface area contributed by atoms with Crippen LogP contribution in [0.2, 0.25) is 0 Å². The van der Waals surface area contributed by atoms with Crippen LogP contribution in [-0.4, -0.2) is 9.19 Å². The summed E-state index contributed by atoms with van der Waals surface area (Å²) in [6.45, 7) is 6.32. The van der Waals surface area contributed by atoms with Crippen LogP contribution in [0.4, 0.5) is 0 Å². The van der Waals surface area contributed by atoms with Gasteiger partial charge < -0.3 is 0 Å². The zero-order chi connectivity index (χ0) is 7.72. The maximum Gasteiger partial charge on any atom is 0.0537 e. The molecule has 0 atom stereocenters. The van der Waals surface area contributed by atoms with Gasteiger partial charge in [-0.15, -0.1) is 0 Å². The van der Waals surface area contributed by atoms with Gasteiger partial charge in [-0.1, -0.05) is 13.8 Å². The molecule has 0 unspecified atom stereocenters. The first-order chi connectivity index (χ1) is 4.63. The molecule has 0 bridgehead atoms. The van der Waals surface area contributed by atoms with Crippen LogP contribution in [0.1, 0.15) is 31.0 Å². The molecular weight excluding hydrogens is 144 g/mol. The highest BCUT2D eigenvalue weighted by Gasteiger charge is 2.06. The Labute approximate surface area is 66.8 Å². The zero-order valence-electron chi connectivity index (χ0n) is 6.50. The number of rotatable bonds is 1. The fourth-order valence-corrected chi connectivity index (χ4v) is 1.15. The number of aromatic nitrogens is 2. The first-order valence-electron chi connectivity index (χ1n) is 3.36. The lowest BCUT2D eigenvalue weighted by atomic mass is 10.1. The lowest BCUT2D eigenvalue weighted by Crippen LogP contribution is -1.90. The molecule has 3 heteroatoms. The molecule has 1 heterocycles. The van der Waals surface area contributed by atoms with Crippen molar-refractivity contribution in [2.45, 2.75) is 26.7 Å². The molecule has 0 aliphatic rings. The fraction of sp³-hybridized carbons (Fsp3) is 0.571. The van der Waals surface area contributed by atoms with Crippen LogP contribution in [0.15, 0.2) is 6.20 Å². The Balaban J connectivity index is 3.05. The number of nitrogens with zero attached hydrogens (tertiary/aromatic N) is 2. The molecule has 0 fully saturated rings. The lowest BCUT2D eigenvalue weighted by molar-refractivity contribution is 0.854. The van der Waals surface area contributed by atoms with E-state index in [0.29, 0.717) is 5.92 Å². The monoisotopic (exact) mass is 156 g/mol. The van der Waals surface area contributed by atoms with Crippen molar-refractivity contribution in [3.63, 3.8) is 0 Å². The van der Waals surface area contributed by atoms with Crippen molar-refractivity contribution < 1.29 is 0 Å². The fourth-order valence-electron chi connectivity index (χ4n) is 0.979. The third kappa shape index (κ3) is 1.19. The summed E-state index contributed by atoms with van der Waals surface area (Å²) in [7, 11) is 0. The van der Waals surface area contributed by atoms with Crippen molar-refractivity contribution in [2.75, 3.05) is 0 Å². The van der Waals surface area contributed by atoms with Gasteiger partial charge in [0.15, 0.2) is 0 Å². The Morgan fingerprint density at radius 3 is 2.40 bits per heavy atom. The van der Waals surface area contributed by atoms with Gasteiger partial charge in [0.1, 0.15) is 0 Å². The minimum atomic E-state index is 0.542. The lowest BCUT2D eigenvalue weighted by Gasteiger charge is -2.01. The minimum Gasteiger partial charge on any atom is -0.214 e. The van der Waals surface area contributed by atoms with E-state index in [4.69, 9.17) is 0 Å². The van der Waals surface area contributed by atoms with Crippen LogP contribution >= 0.6 is 12.8 Å². The van der Waals surface area contributed by atoms with Crippen molar-refractivity contribution in [2.24, 2.45) is 0 Å². The van der Waals surface area contributed by atoms with E-state index in [1.807, 2.05) is 13.1 Å². The smallest absolute Gasteiger partial charge is 0.0537 e. The Hall–Kier alpha value is -0.440. The summed E-state index contributed by atoms with van der Waals surface area (Å²) in [4.78, 5) is 0. The van der Waals surface area contributed by atoms with E-state index in [1.165, 1.54) is 5.56 Å². The highest BCUT2D eigenvalue weighted by molar-refractivity contribution is 7.78. The summed E-state index contributed by atoms with van der Waals surface area (Å²) in [5.74, 6) is 0.542. The molecule has 0 radical (unpaired) electrons. The van der Waals surface area contributed by atoms with Crippen LogP contribution in [-0.2, 0) is 0 Å². The van der Waals surface area contributed by atoms with Gasteiger partial charge in [0, 0.05) is 0 Å². The minimum absolute atomic E-state index is 0.542.